The van der Waals surface area contributed by atoms with Crippen molar-refractivity contribution in [2.75, 3.05) is 37.0 Å². The number of fused-ring (bicyclic) bond motifs is 4. The van der Waals surface area contributed by atoms with E-state index in [4.69, 9.17) is 9.72 Å². The van der Waals surface area contributed by atoms with E-state index in [1.54, 1.807) is 0 Å². The largest absolute Gasteiger partial charge is 0.378 e. The van der Waals surface area contributed by atoms with Gasteiger partial charge in [-0.05, 0) is 29.9 Å². The minimum Gasteiger partial charge on any atom is -0.378 e. The van der Waals surface area contributed by atoms with Crippen molar-refractivity contribution in [1.29, 1.82) is 5.26 Å². The zero-order valence-electron chi connectivity index (χ0n) is 14.3. The third-order valence-electron chi connectivity index (χ3n) is 5.10. The lowest BCUT2D eigenvalue weighted by Crippen LogP contribution is -2.38. The molecule has 26 heavy (non-hydrogen) atoms. The number of nitriles is 1. The van der Waals surface area contributed by atoms with Gasteiger partial charge in [0.2, 0.25) is 0 Å². The van der Waals surface area contributed by atoms with Crippen molar-refractivity contribution in [3.63, 3.8) is 0 Å². The fourth-order valence-electron chi connectivity index (χ4n) is 3.96. The van der Waals surface area contributed by atoms with E-state index in [0.717, 1.165) is 66.5 Å². The molecule has 0 N–H and O–H groups in total. The number of anilines is 1. The Morgan fingerprint density at radius 1 is 1.15 bits per heavy atom. The molecule has 0 saturated carbocycles. The summed E-state index contributed by atoms with van der Waals surface area (Å²) in [5, 5.41) is 9.87. The maximum Gasteiger partial charge on any atom is 0.157 e. The first kappa shape index (κ1) is 17.5. The summed E-state index contributed by atoms with van der Waals surface area (Å²) in [7, 11) is 0. The highest BCUT2D eigenvalue weighted by molar-refractivity contribution is 7.98. The molecule has 1 aromatic carbocycles. The number of pyridine rings is 1. The number of imidazole rings is 1. The molecule has 1 fully saturated rings. The van der Waals surface area contributed by atoms with Gasteiger partial charge in [0.25, 0.3) is 0 Å². The van der Waals surface area contributed by atoms with Gasteiger partial charge < -0.3 is 9.64 Å². The number of para-hydroxylation sites is 2. The molecule has 0 spiro atoms. The monoisotopic (exact) mass is 386 g/mol. The number of thioether (sulfide) groups is 1. The predicted octanol–water partition coefficient (Wildman–Crippen LogP) is 3.41. The van der Waals surface area contributed by atoms with E-state index < -0.39 is 0 Å². The second kappa shape index (κ2) is 6.99. The van der Waals surface area contributed by atoms with Crippen LogP contribution in [0.5, 0.6) is 0 Å². The molecule has 134 valence electrons. The SMILES string of the molecule is Cl.N#Cc1c2c(c(N3CCOCC3)n3c1nc1ccccc13)CSCC2. The van der Waals surface area contributed by atoms with Crippen molar-refractivity contribution in [3.05, 3.63) is 41.0 Å². The molecule has 0 unspecified atom stereocenters. The molecule has 7 heteroatoms. The Labute approximate surface area is 162 Å². The van der Waals surface area contributed by atoms with E-state index in [9.17, 15) is 5.26 Å². The van der Waals surface area contributed by atoms with Gasteiger partial charge in [0.1, 0.15) is 11.9 Å². The van der Waals surface area contributed by atoms with E-state index in [-0.39, 0.29) is 12.4 Å². The van der Waals surface area contributed by atoms with Gasteiger partial charge in [0, 0.05) is 24.4 Å². The van der Waals surface area contributed by atoms with Crippen molar-refractivity contribution in [3.8, 4) is 6.07 Å². The van der Waals surface area contributed by atoms with Crippen molar-refractivity contribution in [2.45, 2.75) is 12.2 Å². The molecule has 0 radical (unpaired) electrons. The summed E-state index contributed by atoms with van der Waals surface area (Å²) < 4.78 is 7.78. The molecule has 0 amide bonds. The molecule has 0 atom stereocenters. The Balaban J connectivity index is 0.00000168. The summed E-state index contributed by atoms with van der Waals surface area (Å²) in [5.74, 6) is 3.24. The number of hydrogen-bond donors (Lipinski definition) is 0. The number of benzene rings is 1. The second-order valence-corrected chi connectivity index (χ2v) is 7.53. The zero-order chi connectivity index (χ0) is 16.8. The van der Waals surface area contributed by atoms with Gasteiger partial charge in [-0.3, -0.25) is 4.40 Å². The number of nitrogens with zero attached hydrogens (tertiary/aromatic N) is 4. The quantitative estimate of drug-likeness (QED) is 0.641. The van der Waals surface area contributed by atoms with Gasteiger partial charge in [-0.25, -0.2) is 4.98 Å². The van der Waals surface area contributed by atoms with Crippen LogP contribution in [0.2, 0.25) is 0 Å². The smallest absolute Gasteiger partial charge is 0.157 e. The van der Waals surface area contributed by atoms with Crippen LogP contribution in [0.4, 0.5) is 5.82 Å². The van der Waals surface area contributed by atoms with Crippen molar-refractivity contribution in [2.24, 2.45) is 0 Å². The highest BCUT2D eigenvalue weighted by atomic mass is 35.5. The van der Waals surface area contributed by atoms with Gasteiger partial charge in [-0.2, -0.15) is 17.0 Å². The summed E-state index contributed by atoms with van der Waals surface area (Å²) >= 11 is 1.95. The Hall–Kier alpha value is -1.94. The summed E-state index contributed by atoms with van der Waals surface area (Å²) in [5.41, 5.74) is 6.09. The Kier molecular flexibility index (Phi) is 4.70. The molecule has 4 heterocycles. The minimum atomic E-state index is 0. The van der Waals surface area contributed by atoms with E-state index in [1.807, 2.05) is 30.0 Å². The van der Waals surface area contributed by atoms with Crippen LogP contribution in [0.3, 0.4) is 0 Å². The molecule has 1 saturated heterocycles. The van der Waals surface area contributed by atoms with E-state index in [1.165, 1.54) is 16.9 Å². The third-order valence-corrected chi connectivity index (χ3v) is 6.08. The van der Waals surface area contributed by atoms with Crippen LogP contribution in [-0.4, -0.2) is 41.4 Å². The first-order chi connectivity index (χ1) is 12.4. The second-order valence-electron chi connectivity index (χ2n) is 6.43. The number of rotatable bonds is 1. The van der Waals surface area contributed by atoms with Crippen molar-refractivity contribution < 1.29 is 4.74 Å². The van der Waals surface area contributed by atoms with E-state index in [2.05, 4.69) is 21.4 Å². The maximum atomic E-state index is 9.87. The minimum absolute atomic E-state index is 0. The first-order valence-electron chi connectivity index (χ1n) is 8.64. The van der Waals surface area contributed by atoms with Crippen LogP contribution in [0, 0.1) is 11.3 Å². The molecule has 2 aliphatic rings. The number of hydrogen-bond acceptors (Lipinski definition) is 5. The third kappa shape index (κ3) is 2.54. The molecule has 0 bridgehead atoms. The predicted molar refractivity (Wildman–Crippen MR) is 108 cm³/mol. The van der Waals surface area contributed by atoms with Gasteiger partial charge in [-0.15, -0.1) is 12.4 Å². The van der Waals surface area contributed by atoms with Gasteiger partial charge in [0.15, 0.2) is 5.65 Å². The van der Waals surface area contributed by atoms with Crippen LogP contribution < -0.4 is 4.90 Å². The van der Waals surface area contributed by atoms with Crippen LogP contribution in [0.15, 0.2) is 24.3 Å². The molecular formula is C19H19ClN4OS. The van der Waals surface area contributed by atoms with Crippen LogP contribution in [-0.2, 0) is 16.9 Å². The Bertz CT molecular complexity index is 1020. The normalized spacial score (nSPS) is 17.0. The molecule has 5 rings (SSSR count). The standard InChI is InChI=1S/C19H18N4OS.ClH/c20-11-14-13-5-10-25-12-15(13)19(22-6-8-24-9-7-22)23-17-4-2-1-3-16(17)21-18(14)23;/h1-4H,5-10,12H2;1H. The number of aromatic nitrogens is 2. The fourth-order valence-corrected chi connectivity index (χ4v) is 4.97. The van der Waals surface area contributed by atoms with E-state index in [0.29, 0.717) is 0 Å². The van der Waals surface area contributed by atoms with Crippen molar-refractivity contribution >= 4 is 46.7 Å². The van der Waals surface area contributed by atoms with Gasteiger partial charge in [0.05, 0.1) is 29.8 Å². The average Bonchev–Trinajstić information content (AvgIpc) is 3.05. The average molecular weight is 387 g/mol. The summed E-state index contributed by atoms with van der Waals surface area (Å²) in [4.78, 5) is 7.24. The molecule has 3 aromatic rings. The summed E-state index contributed by atoms with van der Waals surface area (Å²) in [6.07, 6.45) is 0.944. The fraction of sp³-hybridized carbons (Fsp3) is 0.368. The van der Waals surface area contributed by atoms with Gasteiger partial charge >= 0.3 is 0 Å². The lowest BCUT2D eigenvalue weighted by molar-refractivity contribution is 0.122. The number of morpholine rings is 1. The highest BCUT2D eigenvalue weighted by Crippen LogP contribution is 2.38. The maximum absolute atomic E-state index is 9.87. The van der Waals surface area contributed by atoms with Crippen LogP contribution in [0.25, 0.3) is 16.7 Å². The van der Waals surface area contributed by atoms with E-state index >= 15 is 0 Å². The molecular weight excluding hydrogens is 368 g/mol. The van der Waals surface area contributed by atoms with Crippen LogP contribution >= 0.6 is 24.2 Å². The number of ether oxygens (including phenoxy) is 1. The van der Waals surface area contributed by atoms with Gasteiger partial charge in [-0.1, -0.05) is 12.1 Å². The highest BCUT2D eigenvalue weighted by Gasteiger charge is 2.28. The first-order valence-corrected chi connectivity index (χ1v) is 9.79. The molecule has 0 aliphatic carbocycles. The van der Waals surface area contributed by atoms with Crippen molar-refractivity contribution in [1.82, 2.24) is 9.38 Å². The lowest BCUT2D eigenvalue weighted by Gasteiger charge is -2.33. The molecule has 2 aromatic heterocycles. The zero-order valence-corrected chi connectivity index (χ0v) is 15.9. The Morgan fingerprint density at radius 2 is 1.96 bits per heavy atom. The molecule has 2 aliphatic heterocycles. The summed E-state index contributed by atoms with van der Waals surface area (Å²) in [6.45, 7) is 3.25. The topological polar surface area (TPSA) is 53.6 Å². The lowest BCUT2D eigenvalue weighted by atomic mass is 10.0. The molecule has 5 nitrogen and oxygen atoms in total. The summed E-state index contributed by atoms with van der Waals surface area (Å²) in [6, 6.07) is 10.6. The number of halogens is 1. The van der Waals surface area contributed by atoms with Crippen LogP contribution in [0.1, 0.15) is 16.7 Å². The Morgan fingerprint density at radius 3 is 2.77 bits per heavy atom.